The quantitative estimate of drug-likeness (QED) is 0.480. The van der Waals surface area contributed by atoms with Crippen molar-refractivity contribution in [1.29, 1.82) is 0 Å². The molecule has 0 aliphatic rings. The van der Waals surface area contributed by atoms with Crippen LogP contribution in [-0.4, -0.2) is 16.8 Å². The number of aryl methyl sites for hydroxylation is 1. The van der Waals surface area contributed by atoms with E-state index in [1.807, 2.05) is 25.1 Å². The number of anilines is 1. The Bertz CT molecular complexity index is 427. The van der Waals surface area contributed by atoms with Crippen LogP contribution in [0.4, 0.5) is 5.69 Å². The minimum absolute atomic E-state index is 0.639. The topological polar surface area (TPSA) is 63.3 Å². The average molecular weight is 237 g/mol. The summed E-state index contributed by atoms with van der Waals surface area (Å²) in [6.07, 6.45) is 1.22. The SMILES string of the molecule is CC(=CC(=O)O)CSc1cc(C)ccc1N. The van der Waals surface area contributed by atoms with Gasteiger partial charge in [0.1, 0.15) is 0 Å². The van der Waals surface area contributed by atoms with Gasteiger partial charge in [0.15, 0.2) is 0 Å². The molecule has 0 saturated heterocycles. The van der Waals surface area contributed by atoms with E-state index in [1.165, 1.54) is 6.08 Å². The van der Waals surface area contributed by atoms with E-state index < -0.39 is 5.97 Å². The molecule has 0 bridgehead atoms. The molecule has 86 valence electrons. The molecule has 0 aliphatic carbocycles. The van der Waals surface area contributed by atoms with Crippen LogP contribution in [-0.2, 0) is 4.79 Å². The van der Waals surface area contributed by atoms with Crippen LogP contribution < -0.4 is 5.73 Å². The van der Waals surface area contributed by atoms with E-state index in [4.69, 9.17) is 10.8 Å². The number of aliphatic carboxylic acids is 1. The van der Waals surface area contributed by atoms with Crippen molar-refractivity contribution < 1.29 is 9.90 Å². The van der Waals surface area contributed by atoms with Gasteiger partial charge in [0, 0.05) is 22.4 Å². The number of carbonyl (C=O) groups is 1. The second-order valence-corrected chi connectivity index (χ2v) is 4.68. The fraction of sp³-hybridized carbons (Fsp3) is 0.250. The highest BCUT2D eigenvalue weighted by molar-refractivity contribution is 7.99. The summed E-state index contributed by atoms with van der Waals surface area (Å²) < 4.78 is 0. The molecule has 0 amide bonds. The van der Waals surface area contributed by atoms with Crippen molar-refractivity contribution in [3.8, 4) is 0 Å². The molecule has 0 saturated carbocycles. The van der Waals surface area contributed by atoms with Crippen molar-refractivity contribution in [3.63, 3.8) is 0 Å². The number of thioether (sulfide) groups is 1. The zero-order valence-electron chi connectivity index (χ0n) is 9.36. The molecule has 3 nitrogen and oxygen atoms in total. The number of carboxylic acids is 1. The van der Waals surface area contributed by atoms with E-state index >= 15 is 0 Å². The van der Waals surface area contributed by atoms with Crippen LogP contribution in [0, 0.1) is 6.92 Å². The van der Waals surface area contributed by atoms with Gasteiger partial charge >= 0.3 is 5.97 Å². The van der Waals surface area contributed by atoms with Gasteiger partial charge in [-0.1, -0.05) is 11.6 Å². The first-order chi connectivity index (χ1) is 7.49. The third kappa shape index (κ3) is 3.98. The normalized spacial score (nSPS) is 11.5. The number of benzene rings is 1. The largest absolute Gasteiger partial charge is 0.478 e. The molecular weight excluding hydrogens is 222 g/mol. The van der Waals surface area contributed by atoms with Crippen LogP contribution >= 0.6 is 11.8 Å². The van der Waals surface area contributed by atoms with E-state index in [-0.39, 0.29) is 0 Å². The number of nitrogen functional groups attached to an aromatic ring is 1. The van der Waals surface area contributed by atoms with E-state index in [0.717, 1.165) is 21.7 Å². The molecule has 0 atom stereocenters. The molecule has 1 aromatic rings. The molecule has 4 heteroatoms. The van der Waals surface area contributed by atoms with Gasteiger partial charge in [0.05, 0.1) is 0 Å². The first-order valence-electron chi connectivity index (χ1n) is 4.88. The molecule has 1 rings (SSSR count). The highest BCUT2D eigenvalue weighted by Crippen LogP contribution is 2.27. The zero-order valence-corrected chi connectivity index (χ0v) is 10.2. The Morgan fingerprint density at radius 3 is 2.88 bits per heavy atom. The summed E-state index contributed by atoms with van der Waals surface area (Å²) in [5.74, 6) is -0.268. The Morgan fingerprint density at radius 1 is 1.56 bits per heavy atom. The summed E-state index contributed by atoms with van der Waals surface area (Å²) in [4.78, 5) is 11.4. The van der Waals surface area contributed by atoms with Crippen molar-refractivity contribution in [2.75, 3.05) is 11.5 Å². The van der Waals surface area contributed by atoms with Crippen LogP contribution in [0.5, 0.6) is 0 Å². The summed E-state index contributed by atoms with van der Waals surface area (Å²) in [6.45, 7) is 3.80. The van der Waals surface area contributed by atoms with Crippen molar-refractivity contribution in [3.05, 3.63) is 35.4 Å². The van der Waals surface area contributed by atoms with Crippen molar-refractivity contribution in [2.24, 2.45) is 0 Å². The lowest BCUT2D eigenvalue weighted by molar-refractivity contribution is -0.131. The van der Waals surface area contributed by atoms with Crippen molar-refractivity contribution >= 4 is 23.4 Å². The van der Waals surface area contributed by atoms with E-state index in [0.29, 0.717) is 5.75 Å². The van der Waals surface area contributed by atoms with Gasteiger partial charge < -0.3 is 10.8 Å². The van der Waals surface area contributed by atoms with Crippen LogP contribution in [0.2, 0.25) is 0 Å². The number of rotatable bonds is 4. The van der Waals surface area contributed by atoms with Crippen LogP contribution in [0.1, 0.15) is 12.5 Å². The van der Waals surface area contributed by atoms with Gasteiger partial charge in [-0.2, -0.15) is 0 Å². The van der Waals surface area contributed by atoms with Gasteiger partial charge in [0.25, 0.3) is 0 Å². The number of carboxylic acid groups (broad SMARTS) is 1. The molecule has 1 aromatic carbocycles. The van der Waals surface area contributed by atoms with E-state index in [9.17, 15) is 4.79 Å². The van der Waals surface area contributed by atoms with Gasteiger partial charge in [-0.3, -0.25) is 0 Å². The summed E-state index contributed by atoms with van der Waals surface area (Å²) in [7, 11) is 0. The first kappa shape index (κ1) is 12.6. The molecule has 0 fully saturated rings. The highest BCUT2D eigenvalue weighted by Gasteiger charge is 2.01. The Hall–Kier alpha value is -1.42. The minimum atomic E-state index is -0.907. The molecule has 3 N–H and O–H groups in total. The van der Waals surface area contributed by atoms with Gasteiger partial charge in [0.2, 0.25) is 0 Å². The zero-order chi connectivity index (χ0) is 12.1. The Kier molecular flexibility index (Phi) is 4.43. The number of hydrogen-bond acceptors (Lipinski definition) is 3. The fourth-order valence-corrected chi connectivity index (χ4v) is 2.18. The molecule has 16 heavy (non-hydrogen) atoms. The fourth-order valence-electron chi connectivity index (χ4n) is 1.21. The molecule has 0 radical (unpaired) electrons. The van der Waals surface area contributed by atoms with Crippen LogP contribution in [0.3, 0.4) is 0 Å². The minimum Gasteiger partial charge on any atom is -0.478 e. The second-order valence-electron chi connectivity index (χ2n) is 3.66. The third-order valence-corrected chi connectivity index (χ3v) is 3.26. The summed E-state index contributed by atoms with van der Waals surface area (Å²) in [5.41, 5.74) is 8.52. The van der Waals surface area contributed by atoms with E-state index in [1.54, 1.807) is 18.7 Å². The summed E-state index contributed by atoms with van der Waals surface area (Å²) in [5, 5.41) is 8.57. The third-order valence-electron chi connectivity index (χ3n) is 1.99. The van der Waals surface area contributed by atoms with Crippen molar-refractivity contribution in [2.45, 2.75) is 18.7 Å². The Morgan fingerprint density at radius 2 is 2.25 bits per heavy atom. The van der Waals surface area contributed by atoms with Crippen LogP contribution in [0.15, 0.2) is 34.7 Å². The predicted molar refractivity (Wildman–Crippen MR) is 67.7 cm³/mol. The predicted octanol–water partition coefficient (Wildman–Crippen LogP) is 2.70. The second kappa shape index (κ2) is 5.61. The maximum atomic E-state index is 10.4. The van der Waals surface area contributed by atoms with Gasteiger partial charge in [-0.05, 0) is 31.5 Å². The molecular formula is C12H15NO2S. The maximum Gasteiger partial charge on any atom is 0.328 e. The molecule has 0 heterocycles. The summed E-state index contributed by atoms with van der Waals surface area (Å²) in [6, 6.07) is 5.83. The molecule has 0 aliphatic heterocycles. The average Bonchev–Trinajstić information content (AvgIpc) is 2.18. The van der Waals surface area contributed by atoms with Gasteiger partial charge in [-0.25, -0.2) is 4.79 Å². The molecule has 0 unspecified atom stereocenters. The number of nitrogens with two attached hydrogens (primary N) is 1. The number of hydrogen-bond donors (Lipinski definition) is 2. The lowest BCUT2D eigenvalue weighted by Gasteiger charge is -2.06. The Labute approximate surface area is 99.4 Å². The lowest BCUT2D eigenvalue weighted by Crippen LogP contribution is -1.93. The maximum absolute atomic E-state index is 10.4. The highest BCUT2D eigenvalue weighted by atomic mass is 32.2. The van der Waals surface area contributed by atoms with Crippen molar-refractivity contribution in [1.82, 2.24) is 0 Å². The summed E-state index contributed by atoms with van der Waals surface area (Å²) >= 11 is 1.55. The molecule has 0 spiro atoms. The van der Waals surface area contributed by atoms with Gasteiger partial charge in [-0.15, -0.1) is 11.8 Å². The molecule has 0 aromatic heterocycles. The van der Waals surface area contributed by atoms with E-state index in [2.05, 4.69) is 0 Å². The lowest BCUT2D eigenvalue weighted by atomic mass is 10.2. The standard InChI is InChI=1S/C12H15NO2S/c1-8-3-4-10(13)11(5-8)16-7-9(2)6-12(14)15/h3-6H,7,13H2,1-2H3,(H,14,15). The first-order valence-corrected chi connectivity index (χ1v) is 5.86. The monoisotopic (exact) mass is 237 g/mol. The van der Waals surface area contributed by atoms with Crippen LogP contribution in [0.25, 0.3) is 0 Å². The smallest absolute Gasteiger partial charge is 0.328 e. The Balaban J connectivity index is 2.68.